The Labute approximate surface area is 105 Å². The number of hydrogen-bond acceptors (Lipinski definition) is 5. The summed E-state index contributed by atoms with van der Waals surface area (Å²) in [6.07, 6.45) is 3.82. The largest absolute Gasteiger partial charge is 0.492 e. The number of aromatic nitrogens is 2. The molecule has 0 saturated heterocycles. The Balaban J connectivity index is 1.95. The number of hydrogen-bond donors (Lipinski definition) is 2. The van der Waals surface area contributed by atoms with Gasteiger partial charge in [-0.1, -0.05) is 12.5 Å². The van der Waals surface area contributed by atoms with Gasteiger partial charge in [-0.25, -0.2) is 4.98 Å². The normalized spacial score (nSPS) is 15.6. The number of rotatable bonds is 3. The SMILES string of the molecule is Nc1nc(N)c2c(OCC3CCC3)cccc2n1. The molecule has 1 fully saturated rings. The zero-order chi connectivity index (χ0) is 12.5. The van der Waals surface area contributed by atoms with Gasteiger partial charge in [0.1, 0.15) is 11.6 Å². The van der Waals surface area contributed by atoms with Crippen LogP contribution in [0, 0.1) is 5.92 Å². The van der Waals surface area contributed by atoms with E-state index in [4.69, 9.17) is 16.2 Å². The molecular formula is C13H16N4O. The summed E-state index contributed by atoms with van der Waals surface area (Å²) in [5, 5.41) is 0.756. The molecular weight excluding hydrogens is 228 g/mol. The van der Waals surface area contributed by atoms with E-state index in [1.807, 2.05) is 18.2 Å². The van der Waals surface area contributed by atoms with Crippen molar-refractivity contribution in [2.75, 3.05) is 18.1 Å². The first-order valence-electron chi connectivity index (χ1n) is 6.18. The molecule has 0 aliphatic heterocycles. The fourth-order valence-corrected chi connectivity index (χ4v) is 2.19. The second kappa shape index (κ2) is 4.33. The Kier molecular flexibility index (Phi) is 2.66. The van der Waals surface area contributed by atoms with E-state index in [2.05, 4.69) is 9.97 Å². The molecule has 4 N–H and O–H groups in total. The van der Waals surface area contributed by atoms with Crippen molar-refractivity contribution in [2.45, 2.75) is 19.3 Å². The highest BCUT2D eigenvalue weighted by Crippen LogP contribution is 2.32. The number of benzene rings is 1. The van der Waals surface area contributed by atoms with Gasteiger partial charge in [-0.15, -0.1) is 0 Å². The molecule has 2 aromatic rings. The number of nitrogens with zero attached hydrogens (tertiary/aromatic N) is 2. The van der Waals surface area contributed by atoms with Gasteiger partial charge in [0.05, 0.1) is 17.5 Å². The molecule has 1 aliphatic carbocycles. The van der Waals surface area contributed by atoms with E-state index in [1.54, 1.807) is 0 Å². The first-order chi connectivity index (χ1) is 8.74. The Morgan fingerprint density at radius 1 is 1.22 bits per heavy atom. The third kappa shape index (κ3) is 1.92. The van der Waals surface area contributed by atoms with Gasteiger partial charge in [0, 0.05) is 0 Å². The molecule has 0 bridgehead atoms. The topological polar surface area (TPSA) is 87.0 Å². The highest BCUT2D eigenvalue weighted by atomic mass is 16.5. The van der Waals surface area contributed by atoms with Gasteiger partial charge >= 0.3 is 0 Å². The van der Waals surface area contributed by atoms with Crippen LogP contribution in [0.4, 0.5) is 11.8 Å². The Bertz CT molecular complexity index is 580. The summed E-state index contributed by atoms with van der Waals surface area (Å²) in [6.45, 7) is 0.739. The summed E-state index contributed by atoms with van der Waals surface area (Å²) in [7, 11) is 0. The molecule has 0 amide bonds. The number of fused-ring (bicyclic) bond motifs is 1. The fraction of sp³-hybridized carbons (Fsp3) is 0.385. The van der Waals surface area contributed by atoms with Crippen molar-refractivity contribution in [3.05, 3.63) is 18.2 Å². The monoisotopic (exact) mass is 244 g/mol. The van der Waals surface area contributed by atoms with Gasteiger partial charge in [-0.2, -0.15) is 4.98 Å². The number of nitrogens with two attached hydrogens (primary N) is 2. The van der Waals surface area contributed by atoms with E-state index >= 15 is 0 Å². The average Bonchev–Trinajstić information content (AvgIpc) is 2.26. The summed E-state index contributed by atoms with van der Waals surface area (Å²) in [5.41, 5.74) is 12.2. The number of anilines is 2. The molecule has 0 radical (unpaired) electrons. The van der Waals surface area contributed by atoms with E-state index < -0.39 is 0 Å². The standard InChI is InChI=1S/C13H16N4O/c14-12-11-9(16-13(15)17-12)5-2-6-10(11)18-7-8-3-1-4-8/h2,5-6,8H,1,3-4,7H2,(H4,14,15,16,17). The molecule has 0 atom stereocenters. The molecule has 5 nitrogen and oxygen atoms in total. The van der Waals surface area contributed by atoms with E-state index in [0.29, 0.717) is 11.7 Å². The fourth-order valence-electron chi connectivity index (χ4n) is 2.19. The zero-order valence-electron chi connectivity index (χ0n) is 10.1. The van der Waals surface area contributed by atoms with Crippen molar-refractivity contribution in [1.82, 2.24) is 9.97 Å². The van der Waals surface area contributed by atoms with E-state index in [-0.39, 0.29) is 5.95 Å². The van der Waals surface area contributed by atoms with Gasteiger partial charge in [-0.05, 0) is 30.9 Å². The van der Waals surface area contributed by atoms with Crippen LogP contribution in [0.3, 0.4) is 0 Å². The van der Waals surface area contributed by atoms with Crippen molar-refractivity contribution >= 4 is 22.7 Å². The van der Waals surface area contributed by atoms with E-state index in [1.165, 1.54) is 19.3 Å². The molecule has 1 aliphatic rings. The third-order valence-electron chi connectivity index (χ3n) is 3.43. The van der Waals surface area contributed by atoms with Gasteiger partial charge in [0.25, 0.3) is 0 Å². The predicted molar refractivity (Wildman–Crippen MR) is 71.2 cm³/mol. The van der Waals surface area contributed by atoms with E-state index in [9.17, 15) is 0 Å². The zero-order valence-corrected chi connectivity index (χ0v) is 10.1. The Morgan fingerprint density at radius 2 is 2.06 bits per heavy atom. The van der Waals surface area contributed by atoms with Crippen molar-refractivity contribution in [2.24, 2.45) is 5.92 Å². The first kappa shape index (κ1) is 11.1. The number of ether oxygens (including phenoxy) is 1. The minimum Gasteiger partial charge on any atom is -0.492 e. The quantitative estimate of drug-likeness (QED) is 0.862. The minimum absolute atomic E-state index is 0.191. The van der Waals surface area contributed by atoms with Gasteiger partial charge < -0.3 is 16.2 Å². The molecule has 0 unspecified atom stereocenters. The van der Waals surface area contributed by atoms with Gasteiger partial charge in [-0.3, -0.25) is 0 Å². The summed E-state index contributed by atoms with van der Waals surface area (Å²) in [4.78, 5) is 8.15. The Morgan fingerprint density at radius 3 is 2.78 bits per heavy atom. The first-order valence-corrected chi connectivity index (χ1v) is 6.18. The molecule has 94 valence electrons. The lowest BCUT2D eigenvalue weighted by Gasteiger charge is -2.25. The minimum atomic E-state index is 0.191. The maximum absolute atomic E-state index is 5.90. The maximum Gasteiger partial charge on any atom is 0.222 e. The van der Waals surface area contributed by atoms with Gasteiger partial charge in [0.15, 0.2) is 0 Å². The van der Waals surface area contributed by atoms with Gasteiger partial charge in [0.2, 0.25) is 5.95 Å². The van der Waals surface area contributed by atoms with Crippen LogP contribution in [-0.2, 0) is 0 Å². The van der Waals surface area contributed by atoms with Crippen LogP contribution in [-0.4, -0.2) is 16.6 Å². The van der Waals surface area contributed by atoms with Crippen LogP contribution in [0.2, 0.25) is 0 Å². The highest BCUT2D eigenvalue weighted by Gasteiger charge is 2.19. The van der Waals surface area contributed by atoms with Crippen molar-refractivity contribution in [1.29, 1.82) is 0 Å². The molecule has 3 rings (SSSR count). The molecule has 1 saturated carbocycles. The van der Waals surface area contributed by atoms with Crippen LogP contribution in [0.15, 0.2) is 18.2 Å². The second-order valence-electron chi connectivity index (χ2n) is 4.73. The maximum atomic E-state index is 5.90. The lowest BCUT2D eigenvalue weighted by atomic mass is 9.86. The molecule has 18 heavy (non-hydrogen) atoms. The lowest BCUT2D eigenvalue weighted by molar-refractivity contribution is 0.182. The van der Waals surface area contributed by atoms with Crippen LogP contribution in [0.25, 0.3) is 10.9 Å². The molecule has 1 heterocycles. The van der Waals surface area contributed by atoms with Crippen LogP contribution in [0.5, 0.6) is 5.75 Å². The highest BCUT2D eigenvalue weighted by molar-refractivity contribution is 5.94. The predicted octanol–water partition coefficient (Wildman–Crippen LogP) is 1.97. The summed E-state index contributed by atoms with van der Waals surface area (Å²) < 4.78 is 5.84. The summed E-state index contributed by atoms with van der Waals surface area (Å²) >= 11 is 0. The smallest absolute Gasteiger partial charge is 0.222 e. The molecule has 0 spiro atoms. The van der Waals surface area contributed by atoms with Crippen molar-refractivity contribution in [3.63, 3.8) is 0 Å². The van der Waals surface area contributed by atoms with E-state index in [0.717, 1.165) is 23.3 Å². The number of nitrogen functional groups attached to an aromatic ring is 2. The van der Waals surface area contributed by atoms with Crippen molar-refractivity contribution < 1.29 is 4.74 Å². The molecule has 5 heteroatoms. The molecule has 1 aromatic carbocycles. The summed E-state index contributed by atoms with van der Waals surface area (Å²) in [5.74, 6) is 1.99. The van der Waals surface area contributed by atoms with Crippen LogP contribution < -0.4 is 16.2 Å². The van der Waals surface area contributed by atoms with Crippen LogP contribution >= 0.6 is 0 Å². The Hall–Kier alpha value is -2.04. The van der Waals surface area contributed by atoms with Crippen LogP contribution in [0.1, 0.15) is 19.3 Å². The molecule has 1 aromatic heterocycles. The summed E-state index contributed by atoms with van der Waals surface area (Å²) in [6, 6.07) is 5.65. The lowest BCUT2D eigenvalue weighted by Crippen LogP contribution is -2.19. The third-order valence-corrected chi connectivity index (χ3v) is 3.43. The average molecular weight is 244 g/mol. The van der Waals surface area contributed by atoms with Crippen molar-refractivity contribution in [3.8, 4) is 5.75 Å². The second-order valence-corrected chi connectivity index (χ2v) is 4.73.